The monoisotopic (exact) mass is 336 g/mol. The first kappa shape index (κ1) is 17.6. The molecule has 1 atom stereocenters. The van der Waals surface area contributed by atoms with E-state index in [9.17, 15) is 14.0 Å². The summed E-state index contributed by atoms with van der Waals surface area (Å²) in [6.45, 7) is -0.127. The van der Waals surface area contributed by atoms with Gasteiger partial charge >= 0.3 is 5.97 Å². The summed E-state index contributed by atoms with van der Waals surface area (Å²) in [4.78, 5) is 26.7. The summed E-state index contributed by atoms with van der Waals surface area (Å²) in [5.41, 5.74) is 0.284. The van der Waals surface area contributed by atoms with Crippen molar-refractivity contribution in [2.75, 3.05) is 13.7 Å². The van der Waals surface area contributed by atoms with Crippen LogP contribution in [0.25, 0.3) is 11.3 Å². The molecule has 0 saturated heterocycles. The largest absolute Gasteiger partial charge is 0.480 e. The van der Waals surface area contributed by atoms with Gasteiger partial charge in [-0.3, -0.25) is 4.79 Å². The number of oxazole rings is 1. The van der Waals surface area contributed by atoms with Crippen LogP contribution in [0, 0.1) is 5.82 Å². The molecule has 128 valence electrons. The average Bonchev–Trinajstić information content (AvgIpc) is 3.01. The number of halogens is 1. The predicted octanol–water partition coefficient (Wildman–Crippen LogP) is 1.63. The van der Waals surface area contributed by atoms with E-state index in [4.69, 9.17) is 14.3 Å². The fraction of sp³-hybridized carbons (Fsp3) is 0.312. The van der Waals surface area contributed by atoms with Crippen molar-refractivity contribution in [2.45, 2.75) is 18.9 Å². The van der Waals surface area contributed by atoms with Gasteiger partial charge < -0.3 is 19.6 Å². The second kappa shape index (κ2) is 8.21. The van der Waals surface area contributed by atoms with Crippen molar-refractivity contribution >= 4 is 11.9 Å². The molecule has 7 nitrogen and oxygen atoms in total. The van der Waals surface area contributed by atoms with Crippen LogP contribution in [0.2, 0.25) is 0 Å². The van der Waals surface area contributed by atoms with E-state index >= 15 is 0 Å². The molecule has 1 heterocycles. The summed E-state index contributed by atoms with van der Waals surface area (Å²) in [5.74, 6) is -1.54. The molecule has 2 rings (SSSR count). The quantitative estimate of drug-likeness (QED) is 0.760. The van der Waals surface area contributed by atoms with Crippen molar-refractivity contribution < 1.29 is 28.2 Å². The molecule has 24 heavy (non-hydrogen) atoms. The van der Waals surface area contributed by atoms with Crippen LogP contribution in [-0.2, 0) is 20.7 Å². The number of carbonyl (C=O) groups excluding carboxylic acids is 1. The van der Waals surface area contributed by atoms with Gasteiger partial charge in [0.2, 0.25) is 5.91 Å². The molecule has 0 bridgehead atoms. The second-order valence-electron chi connectivity index (χ2n) is 5.01. The summed E-state index contributed by atoms with van der Waals surface area (Å²) < 4.78 is 23.8. The summed E-state index contributed by atoms with van der Waals surface area (Å²) in [5, 5.41) is 11.3. The first-order valence-corrected chi connectivity index (χ1v) is 7.22. The number of ether oxygens (including phenoxy) is 1. The van der Waals surface area contributed by atoms with Crippen molar-refractivity contribution in [1.29, 1.82) is 0 Å². The van der Waals surface area contributed by atoms with Gasteiger partial charge in [0.15, 0.2) is 17.7 Å². The Morgan fingerprint density at radius 1 is 1.42 bits per heavy atom. The first-order valence-electron chi connectivity index (χ1n) is 7.22. The lowest BCUT2D eigenvalue weighted by atomic mass is 10.2. The van der Waals surface area contributed by atoms with Crippen LogP contribution in [-0.4, -0.2) is 41.7 Å². The SMILES string of the molecule is COCC(NC(=O)CCc1ncc(-c2ccccc2F)o1)C(=O)O. The maximum Gasteiger partial charge on any atom is 0.328 e. The van der Waals surface area contributed by atoms with E-state index in [0.29, 0.717) is 0 Å². The molecule has 1 aromatic heterocycles. The lowest BCUT2D eigenvalue weighted by Gasteiger charge is -2.12. The predicted molar refractivity (Wildman–Crippen MR) is 81.7 cm³/mol. The lowest BCUT2D eigenvalue weighted by molar-refractivity contribution is -0.143. The fourth-order valence-electron chi connectivity index (χ4n) is 2.04. The third-order valence-corrected chi connectivity index (χ3v) is 3.23. The molecule has 0 saturated carbocycles. The highest BCUT2D eigenvalue weighted by atomic mass is 19.1. The molecule has 1 aromatic carbocycles. The number of carbonyl (C=O) groups is 2. The molecular formula is C16H17FN2O5. The number of aliphatic carboxylic acids is 1. The number of amides is 1. The standard InChI is InChI=1S/C16H17FN2O5/c1-23-9-12(16(21)22)19-14(20)6-7-15-18-8-13(24-15)10-4-2-3-5-11(10)17/h2-5,8,12H,6-7,9H2,1H3,(H,19,20)(H,21,22). The number of carboxylic acids is 1. The molecular weight excluding hydrogens is 319 g/mol. The maximum absolute atomic E-state index is 13.7. The normalized spacial score (nSPS) is 11.9. The zero-order valence-corrected chi connectivity index (χ0v) is 13.0. The van der Waals surface area contributed by atoms with Crippen LogP contribution in [0.5, 0.6) is 0 Å². The number of rotatable bonds is 8. The molecule has 2 aromatic rings. The number of methoxy groups -OCH3 is 1. The summed E-state index contributed by atoms with van der Waals surface area (Å²) in [6.07, 6.45) is 1.54. The highest BCUT2D eigenvalue weighted by Gasteiger charge is 2.20. The van der Waals surface area contributed by atoms with E-state index in [2.05, 4.69) is 10.3 Å². The van der Waals surface area contributed by atoms with Gasteiger partial charge in [-0.1, -0.05) is 12.1 Å². The van der Waals surface area contributed by atoms with Crippen molar-refractivity contribution in [2.24, 2.45) is 0 Å². The van der Waals surface area contributed by atoms with Crippen LogP contribution in [0.3, 0.4) is 0 Å². The van der Waals surface area contributed by atoms with Gasteiger partial charge in [-0.15, -0.1) is 0 Å². The van der Waals surface area contributed by atoms with Crippen molar-refractivity contribution in [3.05, 3.63) is 42.2 Å². The molecule has 0 aliphatic carbocycles. The number of nitrogens with one attached hydrogen (secondary N) is 1. The third kappa shape index (κ3) is 4.63. The van der Waals surface area contributed by atoms with E-state index in [0.717, 1.165) is 0 Å². The van der Waals surface area contributed by atoms with Crippen LogP contribution in [0.15, 0.2) is 34.9 Å². The molecule has 8 heteroatoms. The molecule has 0 aliphatic rings. The summed E-state index contributed by atoms with van der Waals surface area (Å²) in [6, 6.07) is 5.01. The fourth-order valence-corrected chi connectivity index (χ4v) is 2.04. The van der Waals surface area contributed by atoms with Gasteiger partial charge in [-0.25, -0.2) is 14.2 Å². The highest BCUT2D eigenvalue weighted by molar-refractivity contribution is 5.83. The van der Waals surface area contributed by atoms with Crippen LogP contribution < -0.4 is 5.32 Å². The highest BCUT2D eigenvalue weighted by Crippen LogP contribution is 2.23. The van der Waals surface area contributed by atoms with E-state index in [1.807, 2.05) is 0 Å². The van der Waals surface area contributed by atoms with E-state index in [1.54, 1.807) is 18.2 Å². The minimum Gasteiger partial charge on any atom is -0.480 e. The lowest BCUT2D eigenvalue weighted by Crippen LogP contribution is -2.43. The van der Waals surface area contributed by atoms with Gasteiger partial charge in [-0.05, 0) is 12.1 Å². The Balaban J connectivity index is 1.92. The van der Waals surface area contributed by atoms with E-state index in [-0.39, 0.29) is 36.7 Å². The summed E-state index contributed by atoms with van der Waals surface area (Å²) in [7, 11) is 1.35. The molecule has 2 N–H and O–H groups in total. The van der Waals surface area contributed by atoms with Crippen LogP contribution >= 0.6 is 0 Å². The zero-order chi connectivity index (χ0) is 17.5. The van der Waals surface area contributed by atoms with Gasteiger partial charge in [0, 0.05) is 20.0 Å². The number of aryl methyl sites for hydroxylation is 1. The van der Waals surface area contributed by atoms with Crippen molar-refractivity contribution in [3.8, 4) is 11.3 Å². The number of benzene rings is 1. The molecule has 0 aliphatic heterocycles. The van der Waals surface area contributed by atoms with Crippen molar-refractivity contribution in [1.82, 2.24) is 10.3 Å². The second-order valence-corrected chi connectivity index (χ2v) is 5.01. The van der Waals surface area contributed by atoms with Gasteiger partial charge in [0.05, 0.1) is 18.4 Å². The number of carboxylic acid groups (broad SMARTS) is 1. The van der Waals surface area contributed by atoms with E-state index < -0.39 is 23.7 Å². The van der Waals surface area contributed by atoms with Gasteiger partial charge in [-0.2, -0.15) is 0 Å². The molecule has 0 fully saturated rings. The Bertz CT molecular complexity index is 716. The van der Waals surface area contributed by atoms with E-state index in [1.165, 1.54) is 19.4 Å². The summed E-state index contributed by atoms with van der Waals surface area (Å²) >= 11 is 0. The minimum atomic E-state index is -1.18. The minimum absolute atomic E-state index is 0.00921. The Morgan fingerprint density at radius 3 is 2.83 bits per heavy atom. The Labute approximate surface area is 137 Å². The Hall–Kier alpha value is -2.74. The molecule has 0 radical (unpaired) electrons. The van der Waals surface area contributed by atoms with Crippen LogP contribution in [0.4, 0.5) is 4.39 Å². The number of hydrogen-bond acceptors (Lipinski definition) is 5. The zero-order valence-electron chi connectivity index (χ0n) is 13.0. The number of aromatic nitrogens is 1. The Kier molecular flexibility index (Phi) is 6.02. The molecule has 0 spiro atoms. The maximum atomic E-state index is 13.7. The topological polar surface area (TPSA) is 102 Å². The van der Waals surface area contributed by atoms with Gasteiger partial charge in [0.25, 0.3) is 0 Å². The Morgan fingerprint density at radius 2 is 2.17 bits per heavy atom. The van der Waals surface area contributed by atoms with Crippen LogP contribution in [0.1, 0.15) is 12.3 Å². The molecule has 1 amide bonds. The third-order valence-electron chi connectivity index (χ3n) is 3.23. The average molecular weight is 336 g/mol. The molecule has 1 unspecified atom stereocenters. The smallest absolute Gasteiger partial charge is 0.328 e. The van der Waals surface area contributed by atoms with Crippen molar-refractivity contribution in [3.63, 3.8) is 0 Å². The van der Waals surface area contributed by atoms with Gasteiger partial charge in [0.1, 0.15) is 5.82 Å². The number of hydrogen-bond donors (Lipinski definition) is 2. The number of nitrogens with zero attached hydrogens (tertiary/aromatic N) is 1. The first-order chi connectivity index (χ1) is 11.5.